The fraction of sp³-hybridized carbons (Fsp3) is 0.556. The molecule has 1 aromatic rings. The number of ether oxygens (including phenoxy) is 3. The zero-order chi connectivity index (χ0) is 18.9. The SMILES string of the molecule is CC1(C)OCC([C@@H](O)[C@H](Cl)C(=O)N2C(=O)OCC2Cc2ccccc2)O1. The average molecular weight is 384 g/mol. The van der Waals surface area contributed by atoms with E-state index in [0.29, 0.717) is 6.42 Å². The Morgan fingerprint density at radius 3 is 2.65 bits per heavy atom. The van der Waals surface area contributed by atoms with Gasteiger partial charge in [0.05, 0.1) is 12.6 Å². The van der Waals surface area contributed by atoms with Gasteiger partial charge in [-0.3, -0.25) is 4.79 Å². The predicted molar refractivity (Wildman–Crippen MR) is 92.7 cm³/mol. The fourth-order valence-corrected chi connectivity index (χ4v) is 3.39. The minimum absolute atomic E-state index is 0.0925. The lowest BCUT2D eigenvalue weighted by Crippen LogP contribution is -2.50. The maximum atomic E-state index is 12.8. The Hall–Kier alpha value is -1.67. The Kier molecular flexibility index (Phi) is 5.53. The molecule has 2 fully saturated rings. The lowest BCUT2D eigenvalue weighted by Gasteiger charge is -2.27. The molecule has 0 spiro atoms. The lowest BCUT2D eigenvalue weighted by atomic mass is 10.0. The summed E-state index contributed by atoms with van der Waals surface area (Å²) < 4.78 is 16.0. The molecule has 2 aliphatic rings. The molecule has 7 nitrogen and oxygen atoms in total. The summed E-state index contributed by atoms with van der Waals surface area (Å²) in [5.74, 6) is -1.55. The smallest absolute Gasteiger partial charge is 0.417 e. The molecule has 0 aliphatic carbocycles. The fourth-order valence-electron chi connectivity index (χ4n) is 3.12. The number of alkyl halides is 1. The number of hydrogen-bond donors (Lipinski definition) is 1. The molecule has 142 valence electrons. The van der Waals surface area contributed by atoms with Crippen LogP contribution in [-0.2, 0) is 25.4 Å². The van der Waals surface area contributed by atoms with Crippen LogP contribution in [-0.4, -0.2) is 64.6 Å². The molecule has 2 aliphatic heterocycles. The van der Waals surface area contributed by atoms with Crippen molar-refractivity contribution in [3.8, 4) is 0 Å². The summed E-state index contributed by atoms with van der Waals surface area (Å²) in [6.07, 6.45) is -2.36. The van der Waals surface area contributed by atoms with Gasteiger partial charge in [0.1, 0.15) is 24.2 Å². The number of nitrogens with zero attached hydrogens (tertiary/aromatic N) is 1. The van der Waals surface area contributed by atoms with Gasteiger partial charge in [0, 0.05) is 0 Å². The number of imide groups is 1. The Morgan fingerprint density at radius 1 is 1.35 bits per heavy atom. The molecule has 0 saturated carbocycles. The maximum Gasteiger partial charge on any atom is 0.417 e. The minimum atomic E-state index is -1.35. The van der Waals surface area contributed by atoms with Crippen LogP contribution in [0.5, 0.6) is 0 Å². The number of aliphatic hydroxyl groups excluding tert-OH is 1. The predicted octanol–water partition coefficient (Wildman–Crippen LogP) is 1.70. The molecule has 1 aromatic carbocycles. The third kappa shape index (κ3) is 4.01. The highest BCUT2D eigenvalue weighted by molar-refractivity contribution is 6.32. The Balaban J connectivity index is 1.69. The normalized spacial score (nSPS) is 27.2. The van der Waals surface area contributed by atoms with Gasteiger partial charge in [0.25, 0.3) is 5.91 Å². The summed E-state index contributed by atoms with van der Waals surface area (Å²) in [6, 6.07) is 9.00. The molecular weight excluding hydrogens is 362 g/mol. The molecule has 2 unspecified atom stereocenters. The first-order valence-corrected chi connectivity index (χ1v) is 8.90. The summed E-state index contributed by atoms with van der Waals surface area (Å²) in [7, 11) is 0. The highest BCUT2D eigenvalue weighted by Crippen LogP contribution is 2.28. The van der Waals surface area contributed by atoms with Crippen LogP contribution < -0.4 is 0 Å². The molecular formula is C18H22ClNO6. The molecule has 2 amide bonds. The second-order valence-corrected chi connectivity index (χ2v) is 7.36. The Morgan fingerprint density at radius 2 is 2.04 bits per heavy atom. The van der Waals surface area contributed by atoms with Crippen LogP contribution in [0.1, 0.15) is 19.4 Å². The number of aliphatic hydroxyl groups is 1. The monoisotopic (exact) mass is 383 g/mol. The van der Waals surface area contributed by atoms with Gasteiger partial charge in [-0.2, -0.15) is 0 Å². The van der Waals surface area contributed by atoms with Crippen LogP contribution in [0.3, 0.4) is 0 Å². The number of amides is 2. The Labute approximate surface area is 156 Å². The standard InChI is InChI=1S/C18H22ClNO6/c1-18(2)25-10-13(26-18)15(21)14(19)16(22)20-12(9-24-17(20)23)8-11-6-4-3-5-7-11/h3-7,12-15,21H,8-10H2,1-2H3/t12?,13?,14-,15+/m0/s1. The van der Waals surface area contributed by atoms with E-state index in [-0.39, 0.29) is 13.2 Å². The van der Waals surface area contributed by atoms with E-state index in [4.69, 9.17) is 25.8 Å². The van der Waals surface area contributed by atoms with Crippen molar-refractivity contribution in [3.05, 3.63) is 35.9 Å². The first kappa shape index (κ1) is 19.1. The first-order chi connectivity index (χ1) is 12.3. The lowest BCUT2D eigenvalue weighted by molar-refractivity contribution is -0.154. The van der Waals surface area contributed by atoms with E-state index in [0.717, 1.165) is 10.5 Å². The molecule has 0 radical (unpaired) electrons. The van der Waals surface area contributed by atoms with Crippen LogP contribution in [0.2, 0.25) is 0 Å². The highest BCUT2D eigenvalue weighted by Gasteiger charge is 2.46. The van der Waals surface area contributed by atoms with Crippen molar-refractivity contribution in [2.45, 2.75) is 49.7 Å². The largest absolute Gasteiger partial charge is 0.447 e. The molecule has 2 heterocycles. The van der Waals surface area contributed by atoms with Gasteiger partial charge >= 0.3 is 6.09 Å². The molecule has 0 aromatic heterocycles. The molecule has 0 bridgehead atoms. The van der Waals surface area contributed by atoms with Gasteiger partial charge < -0.3 is 19.3 Å². The Bertz CT molecular complexity index is 667. The van der Waals surface area contributed by atoms with E-state index < -0.39 is 41.4 Å². The van der Waals surface area contributed by atoms with Gasteiger partial charge in [0.15, 0.2) is 5.79 Å². The second kappa shape index (κ2) is 7.52. The zero-order valence-corrected chi connectivity index (χ0v) is 15.4. The number of carbonyl (C=O) groups is 2. The van der Waals surface area contributed by atoms with Gasteiger partial charge in [0.2, 0.25) is 0 Å². The molecule has 1 N–H and O–H groups in total. The minimum Gasteiger partial charge on any atom is -0.447 e. The van der Waals surface area contributed by atoms with Crippen molar-refractivity contribution >= 4 is 23.6 Å². The topological polar surface area (TPSA) is 85.3 Å². The third-order valence-corrected chi connectivity index (χ3v) is 4.90. The molecule has 26 heavy (non-hydrogen) atoms. The van der Waals surface area contributed by atoms with Crippen molar-refractivity contribution in [2.24, 2.45) is 0 Å². The summed E-state index contributed by atoms with van der Waals surface area (Å²) in [4.78, 5) is 25.8. The number of hydrogen-bond acceptors (Lipinski definition) is 6. The second-order valence-electron chi connectivity index (χ2n) is 6.89. The maximum absolute atomic E-state index is 12.8. The first-order valence-electron chi connectivity index (χ1n) is 8.46. The highest BCUT2D eigenvalue weighted by atomic mass is 35.5. The average Bonchev–Trinajstić information content (AvgIpc) is 3.16. The summed E-state index contributed by atoms with van der Waals surface area (Å²) in [6.45, 7) is 3.62. The van der Waals surface area contributed by atoms with Crippen LogP contribution >= 0.6 is 11.6 Å². The van der Waals surface area contributed by atoms with Gasteiger partial charge in [-0.25, -0.2) is 9.69 Å². The van der Waals surface area contributed by atoms with Crippen molar-refractivity contribution in [3.63, 3.8) is 0 Å². The van der Waals surface area contributed by atoms with E-state index in [1.165, 1.54) is 0 Å². The number of carbonyl (C=O) groups excluding carboxylic acids is 2. The van der Waals surface area contributed by atoms with Crippen LogP contribution in [0.15, 0.2) is 30.3 Å². The summed E-state index contributed by atoms with van der Waals surface area (Å²) in [5, 5.41) is 9.06. The van der Waals surface area contributed by atoms with Crippen molar-refractivity contribution in [2.75, 3.05) is 13.2 Å². The zero-order valence-electron chi connectivity index (χ0n) is 14.6. The molecule has 3 rings (SSSR count). The van der Waals surface area contributed by atoms with Crippen molar-refractivity contribution < 1.29 is 28.9 Å². The van der Waals surface area contributed by atoms with Gasteiger partial charge in [-0.15, -0.1) is 11.6 Å². The van der Waals surface area contributed by atoms with Gasteiger partial charge in [-0.1, -0.05) is 30.3 Å². The number of rotatable bonds is 5. The third-order valence-electron chi connectivity index (χ3n) is 4.46. The van der Waals surface area contributed by atoms with Crippen LogP contribution in [0, 0.1) is 0 Å². The van der Waals surface area contributed by atoms with Crippen LogP contribution in [0.4, 0.5) is 4.79 Å². The van der Waals surface area contributed by atoms with Gasteiger partial charge in [-0.05, 0) is 25.8 Å². The molecule has 2 saturated heterocycles. The molecule has 8 heteroatoms. The number of cyclic esters (lactones) is 1. The van der Waals surface area contributed by atoms with E-state index in [1.54, 1.807) is 13.8 Å². The quantitative estimate of drug-likeness (QED) is 0.779. The number of halogens is 1. The summed E-state index contributed by atoms with van der Waals surface area (Å²) >= 11 is 6.18. The van der Waals surface area contributed by atoms with E-state index in [2.05, 4.69) is 0 Å². The van der Waals surface area contributed by atoms with E-state index >= 15 is 0 Å². The van der Waals surface area contributed by atoms with Crippen molar-refractivity contribution in [1.82, 2.24) is 4.90 Å². The van der Waals surface area contributed by atoms with E-state index in [9.17, 15) is 14.7 Å². The van der Waals surface area contributed by atoms with E-state index in [1.807, 2.05) is 30.3 Å². The van der Waals surface area contributed by atoms with Crippen LogP contribution in [0.25, 0.3) is 0 Å². The number of benzene rings is 1. The molecule has 4 atom stereocenters. The van der Waals surface area contributed by atoms with Crippen molar-refractivity contribution in [1.29, 1.82) is 0 Å². The summed E-state index contributed by atoms with van der Waals surface area (Å²) in [5.41, 5.74) is 0.967.